The first-order valence-electron chi connectivity index (χ1n) is 25.9. The molecule has 0 bridgehead atoms. The molecule has 0 aromatic rings. The van der Waals surface area contributed by atoms with Gasteiger partial charge in [0.05, 0.1) is 0 Å². The fraction of sp³-hybridized carbons (Fsp3) is 0.732. The van der Waals surface area contributed by atoms with Gasteiger partial charge in [-0.15, -0.1) is 0 Å². The molecule has 0 unspecified atom stereocenters. The van der Waals surface area contributed by atoms with Gasteiger partial charge in [-0.1, -0.05) is 216 Å². The van der Waals surface area contributed by atoms with Crippen LogP contribution in [0.25, 0.3) is 0 Å². The number of ether oxygens (including phenoxy) is 3. The third kappa shape index (κ3) is 47.9. The van der Waals surface area contributed by atoms with Crippen molar-refractivity contribution < 1.29 is 28.6 Å². The molecule has 0 radical (unpaired) electrons. The fourth-order valence-corrected chi connectivity index (χ4v) is 7.06. The minimum absolute atomic E-state index is 0.0958. The number of unbranched alkanes of at least 4 members (excludes halogenated alkanes) is 23. The molecule has 62 heavy (non-hydrogen) atoms. The summed E-state index contributed by atoms with van der Waals surface area (Å²) in [5.41, 5.74) is 0. The molecule has 0 N–H and O–H groups in total. The first-order valence-corrected chi connectivity index (χ1v) is 25.9. The summed E-state index contributed by atoms with van der Waals surface area (Å²) in [7, 11) is 0. The highest BCUT2D eigenvalue weighted by Crippen LogP contribution is 2.15. The average Bonchev–Trinajstić information content (AvgIpc) is 3.27. The van der Waals surface area contributed by atoms with Crippen LogP contribution in [0.1, 0.15) is 245 Å². The first-order chi connectivity index (χ1) is 30.5. The summed E-state index contributed by atoms with van der Waals surface area (Å²) in [5.74, 6) is -0.961. The Morgan fingerprint density at radius 3 is 1.08 bits per heavy atom. The van der Waals surface area contributed by atoms with E-state index in [4.69, 9.17) is 14.2 Å². The molecule has 0 spiro atoms. The van der Waals surface area contributed by atoms with Crippen LogP contribution in [0, 0.1) is 0 Å². The van der Waals surface area contributed by atoms with E-state index in [-0.39, 0.29) is 37.5 Å². The van der Waals surface area contributed by atoms with E-state index in [0.29, 0.717) is 19.3 Å². The maximum Gasteiger partial charge on any atom is 0.306 e. The Balaban J connectivity index is 4.47. The van der Waals surface area contributed by atoms with Gasteiger partial charge in [0.1, 0.15) is 13.2 Å². The number of carbonyl (C=O) groups excluding carboxylic acids is 3. The van der Waals surface area contributed by atoms with E-state index >= 15 is 0 Å². The van der Waals surface area contributed by atoms with Crippen molar-refractivity contribution in [1.29, 1.82) is 0 Å². The van der Waals surface area contributed by atoms with Crippen molar-refractivity contribution in [2.24, 2.45) is 0 Å². The third-order valence-corrected chi connectivity index (χ3v) is 10.9. The maximum atomic E-state index is 12.8. The number of carbonyl (C=O) groups is 3. The minimum atomic E-state index is -0.798. The molecular weight excluding hydrogens is 769 g/mol. The van der Waals surface area contributed by atoms with Crippen LogP contribution in [0.2, 0.25) is 0 Å². The van der Waals surface area contributed by atoms with Crippen LogP contribution in [0.5, 0.6) is 0 Å². The van der Waals surface area contributed by atoms with Gasteiger partial charge in [0.25, 0.3) is 0 Å². The van der Waals surface area contributed by atoms with Crippen molar-refractivity contribution >= 4 is 17.9 Å². The van der Waals surface area contributed by atoms with Crippen molar-refractivity contribution in [3.05, 3.63) is 72.9 Å². The monoisotopic (exact) mass is 865 g/mol. The second kappa shape index (κ2) is 50.5. The molecule has 0 aromatic carbocycles. The summed E-state index contributed by atoms with van der Waals surface area (Å²) in [5, 5.41) is 0. The fourth-order valence-electron chi connectivity index (χ4n) is 7.06. The van der Waals surface area contributed by atoms with Gasteiger partial charge in [-0.2, -0.15) is 0 Å². The predicted octanol–water partition coefficient (Wildman–Crippen LogP) is 17.0. The molecule has 0 aliphatic heterocycles. The van der Waals surface area contributed by atoms with Crippen LogP contribution in [0.3, 0.4) is 0 Å². The van der Waals surface area contributed by atoms with Gasteiger partial charge in [-0.3, -0.25) is 14.4 Å². The zero-order valence-corrected chi connectivity index (χ0v) is 40.6. The molecule has 0 aromatic heterocycles. The molecule has 1 atom stereocenters. The molecule has 0 saturated heterocycles. The highest BCUT2D eigenvalue weighted by Gasteiger charge is 2.19. The highest BCUT2D eigenvalue weighted by molar-refractivity contribution is 5.71. The van der Waals surface area contributed by atoms with E-state index in [1.165, 1.54) is 116 Å². The SMILES string of the molecule is CC/C=C/C/C=C/C/C=C/C/C=C/C/C=C/CCCC(=O)OC[C@@H](COC(=O)CCCCCCC/C=C/CCCCCC)OC(=O)CCCCCCCCCCCCCCCC. The summed E-state index contributed by atoms with van der Waals surface area (Å²) in [6, 6.07) is 0. The van der Waals surface area contributed by atoms with Crippen molar-refractivity contribution in [2.75, 3.05) is 13.2 Å². The van der Waals surface area contributed by atoms with Gasteiger partial charge in [0.2, 0.25) is 0 Å². The number of rotatable bonds is 46. The average molecular weight is 865 g/mol. The standard InChI is InChI=1S/C56H96O6/c1-4-7-10-13-16-19-22-25-27-28-29-32-34-37-40-43-46-49-55(58)61-52-53(51-60-54(57)48-45-42-39-36-33-30-24-21-18-15-12-9-6-3)62-56(59)50-47-44-41-38-35-31-26-23-20-17-14-11-8-5-2/h7,10,16,19,21,24-25,27,29,32,37,40,53H,4-6,8-9,11-15,17-18,20,22-23,26,28,30-31,33-36,38-39,41-52H2,1-3H3/b10-7+,19-16+,24-21+,27-25+,32-29+,40-37+/t53-/m1/s1. The van der Waals surface area contributed by atoms with Gasteiger partial charge in [-0.25, -0.2) is 0 Å². The van der Waals surface area contributed by atoms with E-state index in [9.17, 15) is 14.4 Å². The van der Waals surface area contributed by atoms with Gasteiger partial charge < -0.3 is 14.2 Å². The molecule has 0 amide bonds. The zero-order chi connectivity index (χ0) is 45.1. The van der Waals surface area contributed by atoms with Crippen LogP contribution in [0.15, 0.2) is 72.9 Å². The molecule has 356 valence electrons. The molecule has 0 rings (SSSR count). The molecule has 0 aliphatic rings. The van der Waals surface area contributed by atoms with Crippen molar-refractivity contribution in [3.63, 3.8) is 0 Å². The number of hydrogen-bond acceptors (Lipinski definition) is 6. The van der Waals surface area contributed by atoms with Crippen LogP contribution in [0.4, 0.5) is 0 Å². The Morgan fingerprint density at radius 2 is 0.645 bits per heavy atom. The summed E-state index contributed by atoms with van der Waals surface area (Å²) >= 11 is 0. The van der Waals surface area contributed by atoms with Gasteiger partial charge in [0.15, 0.2) is 6.10 Å². The summed E-state index contributed by atoms with van der Waals surface area (Å²) < 4.78 is 16.7. The number of allylic oxidation sites excluding steroid dienone is 12. The van der Waals surface area contributed by atoms with Crippen molar-refractivity contribution in [2.45, 2.75) is 252 Å². The highest BCUT2D eigenvalue weighted by atomic mass is 16.6. The number of hydrogen-bond donors (Lipinski definition) is 0. The normalized spacial score (nSPS) is 12.6. The van der Waals surface area contributed by atoms with Gasteiger partial charge in [-0.05, 0) is 83.5 Å². The zero-order valence-electron chi connectivity index (χ0n) is 40.6. The Labute approximate surface area is 382 Å². The predicted molar refractivity (Wildman–Crippen MR) is 265 cm³/mol. The second-order valence-electron chi connectivity index (χ2n) is 17.1. The largest absolute Gasteiger partial charge is 0.462 e. The van der Waals surface area contributed by atoms with Crippen LogP contribution >= 0.6 is 0 Å². The summed E-state index contributed by atoms with van der Waals surface area (Å²) in [6.07, 6.45) is 63.1. The number of esters is 3. The smallest absolute Gasteiger partial charge is 0.306 e. The molecule has 0 fully saturated rings. The first kappa shape index (κ1) is 58.9. The summed E-state index contributed by atoms with van der Waals surface area (Å²) in [6.45, 7) is 6.46. The molecule has 6 heteroatoms. The molecule has 0 aliphatic carbocycles. The lowest BCUT2D eigenvalue weighted by Gasteiger charge is -2.18. The van der Waals surface area contributed by atoms with E-state index in [1.807, 2.05) is 0 Å². The van der Waals surface area contributed by atoms with Crippen LogP contribution < -0.4 is 0 Å². The van der Waals surface area contributed by atoms with E-state index < -0.39 is 6.10 Å². The lowest BCUT2D eigenvalue weighted by molar-refractivity contribution is -0.167. The molecule has 0 heterocycles. The van der Waals surface area contributed by atoms with Crippen LogP contribution in [-0.2, 0) is 28.6 Å². The molecular formula is C56H96O6. The quantitative estimate of drug-likeness (QED) is 0.0262. The Morgan fingerprint density at radius 1 is 0.339 bits per heavy atom. The Bertz CT molecular complexity index is 1180. The maximum absolute atomic E-state index is 12.8. The van der Waals surface area contributed by atoms with E-state index in [2.05, 4.69) is 93.7 Å². The Kier molecular flexibility index (Phi) is 47.9. The van der Waals surface area contributed by atoms with Crippen molar-refractivity contribution in [3.8, 4) is 0 Å². The lowest BCUT2D eigenvalue weighted by atomic mass is 10.0. The van der Waals surface area contributed by atoms with Crippen LogP contribution in [-0.4, -0.2) is 37.2 Å². The van der Waals surface area contributed by atoms with Crippen molar-refractivity contribution in [1.82, 2.24) is 0 Å². The van der Waals surface area contributed by atoms with E-state index in [1.54, 1.807) is 0 Å². The Hall–Kier alpha value is -3.15. The third-order valence-electron chi connectivity index (χ3n) is 10.9. The molecule has 6 nitrogen and oxygen atoms in total. The topological polar surface area (TPSA) is 78.9 Å². The van der Waals surface area contributed by atoms with Gasteiger partial charge >= 0.3 is 17.9 Å². The van der Waals surface area contributed by atoms with Gasteiger partial charge in [0, 0.05) is 19.3 Å². The second-order valence-corrected chi connectivity index (χ2v) is 17.1. The summed E-state index contributed by atoms with van der Waals surface area (Å²) in [4.78, 5) is 37.9. The molecule has 0 saturated carbocycles. The lowest BCUT2D eigenvalue weighted by Crippen LogP contribution is -2.30. The van der Waals surface area contributed by atoms with E-state index in [0.717, 1.165) is 83.5 Å². The minimum Gasteiger partial charge on any atom is -0.462 e.